The lowest BCUT2D eigenvalue weighted by molar-refractivity contribution is 0.100. The number of hydrogen-bond acceptors (Lipinski definition) is 2. The molecular weight excluding hydrogens is 281 g/mol. The number of fused-ring (bicyclic) bond motifs is 1. The monoisotopic (exact) mass is 301 g/mol. The second-order valence-electron chi connectivity index (χ2n) is 6.04. The van der Waals surface area contributed by atoms with Crippen LogP contribution >= 0.6 is 0 Å². The van der Waals surface area contributed by atoms with Gasteiger partial charge in [-0.15, -0.1) is 0 Å². The second-order valence-corrected chi connectivity index (χ2v) is 6.04. The molecule has 1 aromatic heterocycles. The van der Waals surface area contributed by atoms with Crippen LogP contribution in [0, 0.1) is 19.7 Å². The topological polar surface area (TPSA) is 84.9 Å². The molecule has 0 aliphatic heterocycles. The molecule has 116 valence electrons. The van der Waals surface area contributed by atoms with Gasteiger partial charge in [0.1, 0.15) is 5.82 Å². The summed E-state index contributed by atoms with van der Waals surface area (Å²) in [6.07, 6.45) is 4.45. The summed E-state index contributed by atoms with van der Waals surface area (Å²) in [5.74, 6) is -1.05. The number of primary amides is 1. The Bertz CT molecular complexity index is 804. The van der Waals surface area contributed by atoms with Gasteiger partial charge in [0.15, 0.2) is 0 Å². The van der Waals surface area contributed by atoms with Crippen molar-refractivity contribution < 1.29 is 9.18 Å². The molecule has 1 aromatic carbocycles. The number of aromatic nitrogens is 1. The van der Waals surface area contributed by atoms with E-state index >= 15 is 0 Å². The van der Waals surface area contributed by atoms with Gasteiger partial charge in [-0.1, -0.05) is 6.08 Å². The van der Waals surface area contributed by atoms with E-state index in [1.807, 2.05) is 19.9 Å². The van der Waals surface area contributed by atoms with Crippen LogP contribution in [0.5, 0.6) is 0 Å². The quantitative estimate of drug-likeness (QED) is 0.796. The normalized spacial score (nSPS) is 18.5. The molecule has 1 aliphatic rings. The molecule has 0 bridgehead atoms. The first-order chi connectivity index (χ1) is 10.4. The Balaban J connectivity index is 2.35. The summed E-state index contributed by atoms with van der Waals surface area (Å²) in [4.78, 5) is 14.8. The van der Waals surface area contributed by atoms with Crippen molar-refractivity contribution in [3.05, 3.63) is 40.3 Å². The SMILES string of the molecule is Cc1[nH]c2c(C(N)=O)cc(F)c(C3=CCC[C@H](N)C3)c2c1C. The van der Waals surface area contributed by atoms with Gasteiger partial charge in [-0.3, -0.25) is 4.79 Å². The zero-order valence-electron chi connectivity index (χ0n) is 12.8. The van der Waals surface area contributed by atoms with E-state index in [4.69, 9.17) is 11.5 Å². The van der Waals surface area contributed by atoms with E-state index in [9.17, 15) is 9.18 Å². The van der Waals surface area contributed by atoms with Crippen molar-refractivity contribution >= 4 is 22.4 Å². The zero-order chi connectivity index (χ0) is 16.0. The van der Waals surface area contributed by atoms with Crippen molar-refractivity contribution in [2.24, 2.45) is 11.5 Å². The van der Waals surface area contributed by atoms with E-state index in [1.165, 1.54) is 6.07 Å². The number of hydrogen-bond donors (Lipinski definition) is 3. The fourth-order valence-electron chi connectivity index (χ4n) is 3.28. The van der Waals surface area contributed by atoms with Crippen molar-refractivity contribution in [1.82, 2.24) is 4.98 Å². The van der Waals surface area contributed by atoms with Crippen LogP contribution in [0.2, 0.25) is 0 Å². The summed E-state index contributed by atoms with van der Waals surface area (Å²) < 4.78 is 14.7. The lowest BCUT2D eigenvalue weighted by Crippen LogP contribution is -2.22. The molecule has 4 nitrogen and oxygen atoms in total. The van der Waals surface area contributed by atoms with E-state index in [0.717, 1.165) is 35.1 Å². The van der Waals surface area contributed by atoms with Gasteiger partial charge in [-0.25, -0.2) is 4.39 Å². The minimum absolute atomic E-state index is 0.0469. The summed E-state index contributed by atoms with van der Waals surface area (Å²) in [5.41, 5.74) is 15.5. The van der Waals surface area contributed by atoms with Gasteiger partial charge < -0.3 is 16.5 Å². The maximum absolute atomic E-state index is 14.7. The van der Waals surface area contributed by atoms with Crippen molar-refractivity contribution in [2.75, 3.05) is 0 Å². The largest absolute Gasteiger partial charge is 0.366 e. The highest BCUT2D eigenvalue weighted by Gasteiger charge is 2.24. The molecular formula is C17H20FN3O. The maximum atomic E-state index is 14.7. The molecule has 2 aromatic rings. The fraction of sp³-hybridized carbons (Fsp3) is 0.353. The van der Waals surface area contributed by atoms with Gasteiger partial charge in [0, 0.05) is 22.7 Å². The first-order valence-corrected chi connectivity index (χ1v) is 7.46. The van der Waals surface area contributed by atoms with Crippen molar-refractivity contribution in [3.8, 4) is 0 Å². The zero-order valence-corrected chi connectivity index (χ0v) is 12.8. The highest BCUT2D eigenvalue weighted by molar-refractivity contribution is 6.09. The van der Waals surface area contributed by atoms with E-state index in [-0.39, 0.29) is 11.6 Å². The number of rotatable bonds is 2. The minimum Gasteiger partial charge on any atom is -0.366 e. The number of benzene rings is 1. The molecule has 1 heterocycles. The first-order valence-electron chi connectivity index (χ1n) is 7.46. The standard InChI is InChI=1S/C17H20FN3O/c1-8-9(2)21-16-12(17(20)22)7-13(18)15(14(8)16)10-4-3-5-11(19)6-10/h4,7,11,21H,3,5-6,19H2,1-2H3,(H2,20,22)/t11-/m0/s1. The Kier molecular flexibility index (Phi) is 3.53. The molecule has 22 heavy (non-hydrogen) atoms. The average molecular weight is 301 g/mol. The maximum Gasteiger partial charge on any atom is 0.250 e. The molecule has 0 unspecified atom stereocenters. The van der Waals surface area contributed by atoms with Gasteiger partial charge in [-0.05, 0) is 50.3 Å². The third-order valence-electron chi connectivity index (χ3n) is 4.53. The van der Waals surface area contributed by atoms with E-state index in [0.29, 0.717) is 17.5 Å². The smallest absolute Gasteiger partial charge is 0.250 e. The van der Waals surface area contributed by atoms with Gasteiger partial charge >= 0.3 is 0 Å². The number of nitrogens with one attached hydrogen (secondary N) is 1. The van der Waals surface area contributed by atoms with Gasteiger partial charge in [0.2, 0.25) is 0 Å². The number of aromatic amines is 1. The third-order valence-corrected chi connectivity index (χ3v) is 4.53. The molecule has 1 amide bonds. The average Bonchev–Trinajstić information content (AvgIpc) is 2.74. The molecule has 0 fully saturated rings. The molecule has 0 spiro atoms. The Morgan fingerprint density at radius 3 is 2.77 bits per heavy atom. The van der Waals surface area contributed by atoms with Crippen LogP contribution in [0.4, 0.5) is 4.39 Å². The number of carbonyl (C=O) groups excluding carboxylic acids is 1. The predicted molar refractivity (Wildman–Crippen MR) is 86.1 cm³/mol. The van der Waals surface area contributed by atoms with Gasteiger partial charge in [0.05, 0.1) is 11.1 Å². The second kappa shape index (κ2) is 5.25. The number of aryl methyl sites for hydroxylation is 2. The van der Waals surface area contributed by atoms with Crippen molar-refractivity contribution in [2.45, 2.75) is 39.2 Å². The molecule has 3 rings (SSSR count). The Hall–Kier alpha value is -2.14. The minimum atomic E-state index is -0.633. The Morgan fingerprint density at radius 1 is 1.41 bits per heavy atom. The van der Waals surface area contributed by atoms with Crippen molar-refractivity contribution in [1.29, 1.82) is 0 Å². The lowest BCUT2D eigenvalue weighted by Gasteiger charge is -2.21. The molecule has 0 saturated heterocycles. The molecule has 1 aliphatic carbocycles. The van der Waals surface area contributed by atoms with Gasteiger partial charge in [-0.2, -0.15) is 0 Å². The number of amides is 1. The number of carbonyl (C=O) groups is 1. The van der Waals surface area contributed by atoms with Crippen LogP contribution < -0.4 is 11.5 Å². The summed E-state index contributed by atoms with van der Waals surface area (Å²) >= 11 is 0. The summed E-state index contributed by atoms with van der Waals surface area (Å²) in [6.45, 7) is 3.83. The highest BCUT2D eigenvalue weighted by atomic mass is 19.1. The number of allylic oxidation sites excluding steroid dienone is 1. The predicted octanol–water partition coefficient (Wildman–Crippen LogP) is 2.92. The molecule has 1 atom stereocenters. The lowest BCUT2D eigenvalue weighted by atomic mass is 9.87. The molecule has 0 saturated carbocycles. The number of halogens is 1. The highest BCUT2D eigenvalue weighted by Crippen LogP contribution is 2.37. The van der Waals surface area contributed by atoms with Gasteiger partial charge in [0.25, 0.3) is 5.91 Å². The van der Waals surface area contributed by atoms with Crippen LogP contribution in [0.15, 0.2) is 12.1 Å². The van der Waals surface area contributed by atoms with E-state index in [1.54, 1.807) is 0 Å². The fourth-order valence-corrected chi connectivity index (χ4v) is 3.28. The van der Waals surface area contributed by atoms with E-state index in [2.05, 4.69) is 4.98 Å². The third kappa shape index (κ3) is 2.22. The van der Waals surface area contributed by atoms with Crippen LogP contribution in [0.25, 0.3) is 16.5 Å². The van der Waals surface area contributed by atoms with Crippen LogP contribution in [-0.4, -0.2) is 16.9 Å². The first kappa shape index (κ1) is 14.8. The summed E-state index contributed by atoms with van der Waals surface area (Å²) in [5, 5.41) is 0.742. The molecule has 5 N–H and O–H groups in total. The Morgan fingerprint density at radius 2 is 2.14 bits per heavy atom. The van der Waals surface area contributed by atoms with Crippen LogP contribution in [0.1, 0.15) is 46.4 Å². The number of nitrogens with two attached hydrogens (primary N) is 2. The Labute approximate surface area is 128 Å². The number of H-pyrrole nitrogens is 1. The van der Waals surface area contributed by atoms with Crippen LogP contribution in [0.3, 0.4) is 0 Å². The molecule has 5 heteroatoms. The summed E-state index contributed by atoms with van der Waals surface area (Å²) in [6, 6.07) is 1.28. The van der Waals surface area contributed by atoms with Crippen molar-refractivity contribution in [3.63, 3.8) is 0 Å². The summed E-state index contributed by atoms with van der Waals surface area (Å²) in [7, 11) is 0. The van der Waals surface area contributed by atoms with Crippen LogP contribution in [-0.2, 0) is 0 Å². The van der Waals surface area contributed by atoms with E-state index < -0.39 is 11.7 Å². The molecule has 0 radical (unpaired) electrons.